The van der Waals surface area contributed by atoms with E-state index >= 15 is 0 Å². The zero-order valence-corrected chi connectivity index (χ0v) is 12.9. The van der Waals surface area contributed by atoms with E-state index in [-0.39, 0.29) is 12.4 Å². The molecular formula is C16H30O4. The molecule has 0 heterocycles. The molecule has 0 atom stereocenters. The van der Waals surface area contributed by atoms with Gasteiger partial charge in [-0.2, -0.15) is 0 Å². The van der Waals surface area contributed by atoms with Crippen molar-refractivity contribution in [1.29, 1.82) is 0 Å². The SMILES string of the molecule is CCCCCCCCCOC(=O)CCCCCC(=O)O. The minimum Gasteiger partial charge on any atom is -0.481 e. The predicted molar refractivity (Wildman–Crippen MR) is 79.7 cm³/mol. The minimum atomic E-state index is -0.772. The van der Waals surface area contributed by atoms with E-state index in [4.69, 9.17) is 9.84 Å². The van der Waals surface area contributed by atoms with Gasteiger partial charge >= 0.3 is 11.9 Å². The number of carbonyl (C=O) groups excluding carboxylic acids is 1. The third-order valence-electron chi connectivity index (χ3n) is 3.28. The Morgan fingerprint density at radius 3 is 2.00 bits per heavy atom. The van der Waals surface area contributed by atoms with Gasteiger partial charge in [0.05, 0.1) is 6.61 Å². The maximum atomic E-state index is 11.4. The number of carboxylic acids is 1. The Bertz CT molecular complexity index is 251. The fraction of sp³-hybridized carbons (Fsp3) is 0.875. The number of hydrogen-bond donors (Lipinski definition) is 1. The molecule has 0 aliphatic rings. The van der Waals surface area contributed by atoms with E-state index < -0.39 is 5.97 Å². The van der Waals surface area contributed by atoms with Crippen LogP contribution >= 0.6 is 0 Å². The highest BCUT2D eigenvalue weighted by molar-refractivity contribution is 5.69. The summed E-state index contributed by atoms with van der Waals surface area (Å²) in [6.07, 6.45) is 11.2. The lowest BCUT2D eigenvalue weighted by atomic mass is 10.1. The number of esters is 1. The molecule has 0 aliphatic carbocycles. The van der Waals surface area contributed by atoms with Crippen molar-refractivity contribution < 1.29 is 19.4 Å². The number of ether oxygens (including phenoxy) is 1. The van der Waals surface area contributed by atoms with Crippen LogP contribution in [-0.2, 0) is 14.3 Å². The zero-order valence-electron chi connectivity index (χ0n) is 12.9. The average Bonchev–Trinajstić information content (AvgIpc) is 2.41. The van der Waals surface area contributed by atoms with Crippen molar-refractivity contribution in [2.45, 2.75) is 84.0 Å². The van der Waals surface area contributed by atoms with Gasteiger partial charge in [-0.15, -0.1) is 0 Å². The van der Waals surface area contributed by atoms with E-state index in [9.17, 15) is 9.59 Å². The fourth-order valence-electron chi connectivity index (χ4n) is 2.04. The molecule has 4 heteroatoms. The van der Waals surface area contributed by atoms with Crippen LogP contribution in [-0.4, -0.2) is 23.7 Å². The largest absolute Gasteiger partial charge is 0.481 e. The van der Waals surface area contributed by atoms with Crippen LogP contribution < -0.4 is 0 Å². The first-order valence-electron chi connectivity index (χ1n) is 8.04. The maximum Gasteiger partial charge on any atom is 0.305 e. The Balaban J connectivity index is 3.18. The summed E-state index contributed by atoms with van der Waals surface area (Å²) in [6, 6.07) is 0. The molecule has 0 saturated carbocycles. The number of rotatable bonds is 14. The molecule has 0 radical (unpaired) electrons. The molecule has 0 spiro atoms. The molecule has 0 bridgehead atoms. The Labute approximate surface area is 122 Å². The summed E-state index contributed by atoms with van der Waals surface area (Å²) in [4.78, 5) is 21.7. The first-order valence-corrected chi connectivity index (χ1v) is 8.04. The van der Waals surface area contributed by atoms with E-state index in [1.165, 1.54) is 32.1 Å². The van der Waals surface area contributed by atoms with Crippen LogP contribution in [0.5, 0.6) is 0 Å². The second-order valence-electron chi connectivity index (χ2n) is 5.30. The van der Waals surface area contributed by atoms with Crippen LogP contribution in [0, 0.1) is 0 Å². The lowest BCUT2D eigenvalue weighted by molar-refractivity contribution is -0.143. The molecule has 0 saturated heterocycles. The Morgan fingerprint density at radius 1 is 0.800 bits per heavy atom. The molecule has 20 heavy (non-hydrogen) atoms. The molecule has 0 rings (SSSR count). The first kappa shape index (κ1) is 18.9. The third-order valence-corrected chi connectivity index (χ3v) is 3.28. The van der Waals surface area contributed by atoms with Crippen molar-refractivity contribution in [2.24, 2.45) is 0 Å². The highest BCUT2D eigenvalue weighted by Crippen LogP contribution is 2.08. The van der Waals surface area contributed by atoms with E-state index in [1.807, 2.05) is 0 Å². The average molecular weight is 286 g/mol. The van der Waals surface area contributed by atoms with Crippen molar-refractivity contribution in [2.75, 3.05) is 6.61 Å². The Morgan fingerprint density at radius 2 is 1.35 bits per heavy atom. The summed E-state index contributed by atoms with van der Waals surface area (Å²) in [5, 5.41) is 8.47. The molecule has 118 valence electrons. The molecule has 4 nitrogen and oxygen atoms in total. The van der Waals surface area contributed by atoms with Gasteiger partial charge in [-0.25, -0.2) is 0 Å². The summed E-state index contributed by atoms with van der Waals surface area (Å²) < 4.78 is 5.14. The van der Waals surface area contributed by atoms with Gasteiger partial charge in [-0.3, -0.25) is 9.59 Å². The monoisotopic (exact) mass is 286 g/mol. The van der Waals surface area contributed by atoms with Crippen LogP contribution in [0.2, 0.25) is 0 Å². The van der Waals surface area contributed by atoms with Crippen molar-refractivity contribution in [3.63, 3.8) is 0 Å². The quantitative estimate of drug-likeness (QED) is 0.381. The zero-order chi connectivity index (χ0) is 15.1. The molecule has 0 fully saturated rings. The highest BCUT2D eigenvalue weighted by atomic mass is 16.5. The van der Waals surface area contributed by atoms with Crippen LogP contribution in [0.1, 0.15) is 84.0 Å². The molecule has 0 aliphatic heterocycles. The first-order chi connectivity index (χ1) is 9.66. The number of carbonyl (C=O) groups is 2. The maximum absolute atomic E-state index is 11.4. The molecule has 0 aromatic rings. The van der Waals surface area contributed by atoms with Crippen LogP contribution in [0.25, 0.3) is 0 Å². The Kier molecular flexibility index (Phi) is 13.6. The summed E-state index contributed by atoms with van der Waals surface area (Å²) in [7, 11) is 0. The molecule has 0 amide bonds. The third kappa shape index (κ3) is 15.0. The number of unbranched alkanes of at least 4 members (excludes halogenated alkanes) is 8. The minimum absolute atomic E-state index is 0.147. The molecule has 0 aromatic heterocycles. The second kappa shape index (κ2) is 14.4. The van der Waals surface area contributed by atoms with Gasteiger partial charge in [0, 0.05) is 12.8 Å². The Hall–Kier alpha value is -1.06. The second-order valence-corrected chi connectivity index (χ2v) is 5.30. The number of hydrogen-bond acceptors (Lipinski definition) is 3. The molecule has 1 N–H and O–H groups in total. The summed E-state index contributed by atoms with van der Waals surface area (Å²) in [5.74, 6) is -0.919. The van der Waals surface area contributed by atoms with Crippen molar-refractivity contribution in [3.8, 4) is 0 Å². The lowest BCUT2D eigenvalue weighted by Crippen LogP contribution is -2.05. The van der Waals surface area contributed by atoms with Gasteiger partial charge < -0.3 is 9.84 Å². The lowest BCUT2D eigenvalue weighted by Gasteiger charge is -2.05. The van der Waals surface area contributed by atoms with Gasteiger partial charge in [0.25, 0.3) is 0 Å². The number of carboxylic acid groups (broad SMARTS) is 1. The smallest absolute Gasteiger partial charge is 0.305 e. The van der Waals surface area contributed by atoms with Crippen molar-refractivity contribution in [1.82, 2.24) is 0 Å². The van der Waals surface area contributed by atoms with Gasteiger partial charge in [-0.1, -0.05) is 51.9 Å². The molecular weight excluding hydrogens is 256 g/mol. The van der Waals surface area contributed by atoms with E-state index in [0.29, 0.717) is 19.4 Å². The van der Waals surface area contributed by atoms with Gasteiger partial charge in [0.2, 0.25) is 0 Å². The van der Waals surface area contributed by atoms with Crippen LogP contribution in [0.4, 0.5) is 0 Å². The van der Waals surface area contributed by atoms with Crippen molar-refractivity contribution >= 4 is 11.9 Å². The fourth-order valence-corrected chi connectivity index (χ4v) is 2.04. The predicted octanol–water partition coefficient (Wildman–Crippen LogP) is 4.32. The van der Waals surface area contributed by atoms with Crippen LogP contribution in [0.15, 0.2) is 0 Å². The van der Waals surface area contributed by atoms with Gasteiger partial charge in [-0.05, 0) is 19.3 Å². The van der Waals surface area contributed by atoms with E-state index in [0.717, 1.165) is 25.7 Å². The van der Waals surface area contributed by atoms with E-state index in [2.05, 4.69) is 6.92 Å². The van der Waals surface area contributed by atoms with Crippen molar-refractivity contribution in [3.05, 3.63) is 0 Å². The van der Waals surface area contributed by atoms with Crippen LogP contribution in [0.3, 0.4) is 0 Å². The van der Waals surface area contributed by atoms with Gasteiger partial charge in [0.1, 0.15) is 0 Å². The standard InChI is InChI=1S/C16H30O4/c1-2-3-4-5-6-7-11-14-20-16(19)13-10-8-9-12-15(17)18/h2-14H2,1H3,(H,17,18). The van der Waals surface area contributed by atoms with Gasteiger partial charge in [0.15, 0.2) is 0 Å². The number of aliphatic carboxylic acids is 1. The highest BCUT2D eigenvalue weighted by Gasteiger charge is 2.03. The molecule has 0 aromatic carbocycles. The topological polar surface area (TPSA) is 63.6 Å². The summed E-state index contributed by atoms with van der Waals surface area (Å²) in [5.41, 5.74) is 0. The summed E-state index contributed by atoms with van der Waals surface area (Å²) >= 11 is 0. The van der Waals surface area contributed by atoms with E-state index in [1.54, 1.807) is 0 Å². The normalized spacial score (nSPS) is 10.4. The summed E-state index contributed by atoms with van der Waals surface area (Å²) in [6.45, 7) is 2.74. The molecule has 0 unspecified atom stereocenters.